The van der Waals surface area contributed by atoms with Crippen LogP contribution in [0.25, 0.3) is 11.0 Å². The second kappa shape index (κ2) is 7.09. The summed E-state index contributed by atoms with van der Waals surface area (Å²) in [6.07, 6.45) is 0. The maximum atomic E-state index is 12.1. The molecule has 0 aromatic carbocycles. The molecule has 2 aromatic heterocycles. The van der Waals surface area contributed by atoms with Crippen molar-refractivity contribution in [3.05, 3.63) is 23.1 Å². The summed E-state index contributed by atoms with van der Waals surface area (Å²) in [5, 5.41) is 3.11. The van der Waals surface area contributed by atoms with E-state index in [0.717, 1.165) is 18.8 Å². The van der Waals surface area contributed by atoms with Crippen molar-refractivity contribution in [2.45, 2.75) is 27.3 Å². The van der Waals surface area contributed by atoms with Crippen LogP contribution >= 0.6 is 11.6 Å². The minimum Gasteiger partial charge on any atom is -0.378 e. The number of carbonyl (C=O) groups excluding carboxylic acids is 1. The molecule has 0 spiro atoms. The Kier molecular flexibility index (Phi) is 5.06. The third-order valence-electron chi connectivity index (χ3n) is 3.98. The highest BCUT2D eigenvalue weighted by molar-refractivity contribution is 6.28. The van der Waals surface area contributed by atoms with E-state index in [2.05, 4.69) is 25.2 Å². The predicted octanol–water partition coefficient (Wildman–Crippen LogP) is 2.18. The van der Waals surface area contributed by atoms with E-state index in [0.29, 0.717) is 36.6 Å². The Hall–Kier alpha value is -1.99. The summed E-state index contributed by atoms with van der Waals surface area (Å²) < 4.78 is 5.40. The summed E-state index contributed by atoms with van der Waals surface area (Å²) in [5.74, 6) is 0.692. The van der Waals surface area contributed by atoms with Crippen LogP contribution in [0.2, 0.25) is 5.28 Å². The highest BCUT2D eigenvalue weighted by Crippen LogP contribution is 2.25. The largest absolute Gasteiger partial charge is 0.378 e. The van der Waals surface area contributed by atoms with E-state index in [-0.39, 0.29) is 11.2 Å². The van der Waals surface area contributed by atoms with Gasteiger partial charge < -0.3 is 15.0 Å². The SMILES string of the molecule is CC(C)(C)C(=O)NCc1ccc2nc(Cl)nc(N3CCOCC3)c2n1. The van der Waals surface area contributed by atoms with E-state index in [1.165, 1.54) is 0 Å². The molecule has 0 atom stereocenters. The molecule has 7 nitrogen and oxygen atoms in total. The molecule has 1 fully saturated rings. The molecular formula is C17H22ClN5O2. The molecule has 0 aliphatic carbocycles. The van der Waals surface area contributed by atoms with Crippen LogP contribution in [0.15, 0.2) is 12.1 Å². The highest BCUT2D eigenvalue weighted by Gasteiger charge is 2.21. The zero-order valence-electron chi connectivity index (χ0n) is 14.7. The smallest absolute Gasteiger partial charge is 0.225 e. The summed E-state index contributed by atoms with van der Waals surface area (Å²) >= 11 is 6.07. The lowest BCUT2D eigenvalue weighted by Crippen LogP contribution is -2.37. The molecule has 1 aliphatic heterocycles. The number of carbonyl (C=O) groups is 1. The standard InChI is InChI=1S/C17H22ClN5O2/c1-17(2,3)15(24)19-10-11-4-5-12-13(20-11)14(22-16(18)21-12)23-6-8-25-9-7-23/h4-5H,6-10H2,1-3H3,(H,19,24). The number of aromatic nitrogens is 3. The molecule has 0 saturated carbocycles. The van der Waals surface area contributed by atoms with Crippen LogP contribution in [0, 0.1) is 5.41 Å². The fourth-order valence-corrected chi connectivity index (χ4v) is 2.71. The fourth-order valence-electron chi connectivity index (χ4n) is 2.54. The predicted molar refractivity (Wildman–Crippen MR) is 96.7 cm³/mol. The second-order valence-corrected chi connectivity index (χ2v) is 7.36. The average Bonchev–Trinajstić information content (AvgIpc) is 2.59. The molecule has 1 aliphatic rings. The summed E-state index contributed by atoms with van der Waals surface area (Å²) in [5.41, 5.74) is 1.69. The molecule has 2 aromatic rings. The Morgan fingerprint density at radius 2 is 1.96 bits per heavy atom. The van der Waals surface area contributed by atoms with Gasteiger partial charge in [0.15, 0.2) is 5.82 Å². The van der Waals surface area contributed by atoms with Gasteiger partial charge in [0, 0.05) is 18.5 Å². The van der Waals surface area contributed by atoms with Gasteiger partial charge in [0.05, 0.1) is 31.0 Å². The lowest BCUT2D eigenvalue weighted by atomic mass is 9.96. The molecule has 1 N–H and O–H groups in total. The topological polar surface area (TPSA) is 80.2 Å². The van der Waals surface area contributed by atoms with E-state index in [1.54, 1.807) is 0 Å². The normalized spacial score (nSPS) is 15.4. The van der Waals surface area contributed by atoms with Crippen LogP contribution in [-0.2, 0) is 16.1 Å². The number of hydrogen-bond acceptors (Lipinski definition) is 6. The van der Waals surface area contributed by atoms with Gasteiger partial charge in [0.25, 0.3) is 0 Å². The van der Waals surface area contributed by atoms with Gasteiger partial charge >= 0.3 is 0 Å². The van der Waals surface area contributed by atoms with Crippen molar-refractivity contribution >= 4 is 34.4 Å². The van der Waals surface area contributed by atoms with Gasteiger partial charge in [0.1, 0.15) is 5.52 Å². The van der Waals surface area contributed by atoms with Crippen LogP contribution in [0.4, 0.5) is 5.82 Å². The van der Waals surface area contributed by atoms with E-state index in [9.17, 15) is 4.79 Å². The highest BCUT2D eigenvalue weighted by atomic mass is 35.5. The summed E-state index contributed by atoms with van der Waals surface area (Å²) in [6, 6.07) is 3.70. The number of nitrogens with one attached hydrogen (secondary N) is 1. The first-order chi connectivity index (χ1) is 11.8. The maximum absolute atomic E-state index is 12.1. The number of hydrogen-bond donors (Lipinski definition) is 1. The van der Waals surface area contributed by atoms with Gasteiger partial charge in [-0.05, 0) is 23.7 Å². The van der Waals surface area contributed by atoms with Gasteiger partial charge in [0.2, 0.25) is 11.2 Å². The zero-order valence-corrected chi connectivity index (χ0v) is 15.4. The van der Waals surface area contributed by atoms with Crippen molar-refractivity contribution in [1.82, 2.24) is 20.3 Å². The summed E-state index contributed by atoms with van der Waals surface area (Å²) in [6.45, 7) is 8.74. The molecule has 25 heavy (non-hydrogen) atoms. The zero-order chi connectivity index (χ0) is 18.0. The van der Waals surface area contributed by atoms with Crippen LogP contribution in [-0.4, -0.2) is 47.2 Å². The minimum atomic E-state index is -0.438. The van der Waals surface area contributed by atoms with Gasteiger partial charge in [-0.1, -0.05) is 20.8 Å². The van der Waals surface area contributed by atoms with Crippen molar-refractivity contribution in [2.24, 2.45) is 5.41 Å². The fraction of sp³-hybridized carbons (Fsp3) is 0.529. The average molecular weight is 364 g/mol. The summed E-state index contributed by atoms with van der Waals surface area (Å²) in [7, 11) is 0. The number of anilines is 1. The quantitative estimate of drug-likeness (QED) is 0.842. The molecule has 0 unspecified atom stereocenters. The van der Waals surface area contributed by atoms with Gasteiger partial charge in [-0.25, -0.2) is 9.97 Å². The lowest BCUT2D eigenvalue weighted by Gasteiger charge is -2.28. The Morgan fingerprint density at radius 1 is 1.24 bits per heavy atom. The number of halogens is 1. The lowest BCUT2D eigenvalue weighted by molar-refractivity contribution is -0.128. The van der Waals surface area contributed by atoms with E-state index in [4.69, 9.17) is 16.3 Å². The van der Waals surface area contributed by atoms with E-state index < -0.39 is 5.41 Å². The van der Waals surface area contributed by atoms with Crippen molar-refractivity contribution in [3.8, 4) is 0 Å². The number of nitrogens with zero attached hydrogens (tertiary/aromatic N) is 4. The third-order valence-corrected chi connectivity index (χ3v) is 4.15. The van der Waals surface area contributed by atoms with E-state index >= 15 is 0 Å². The summed E-state index contributed by atoms with van der Waals surface area (Å²) in [4.78, 5) is 27.5. The molecule has 1 saturated heterocycles. The molecule has 0 radical (unpaired) electrons. The first-order valence-corrected chi connectivity index (χ1v) is 8.66. The van der Waals surface area contributed by atoms with Crippen LogP contribution in [0.3, 0.4) is 0 Å². The first kappa shape index (κ1) is 17.8. The Morgan fingerprint density at radius 3 is 2.64 bits per heavy atom. The van der Waals surface area contributed by atoms with Crippen LogP contribution in [0.5, 0.6) is 0 Å². The number of pyridine rings is 1. The number of ether oxygens (including phenoxy) is 1. The second-order valence-electron chi connectivity index (χ2n) is 7.02. The van der Waals surface area contributed by atoms with Gasteiger partial charge in [-0.2, -0.15) is 4.98 Å². The monoisotopic (exact) mass is 363 g/mol. The Bertz CT molecular complexity index is 784. The molecule has 0 bridgehead atoms. The van der Waals surface area contributed by atoms with Gasteiger partial charge in [-0.15, -0.1) is 0 Å². The van der Waals surface area contributed by atoms with Crippen LogP contribution < -0.4 is 10.2 Å². The van der Waals surface area contributed by atoms with Crippen molar-refractivity contribution < 1.29 is 9.53 Å². The van der Waals surface area contributed by atoms with Crippen molar-refractivity contribution in [2.75, 3.05) is 31.2 Å². The maximum Gasteiger partial charge on any atom is 0.225 e. The number of fused-ring (bicyclic) bond motifs is 1. The first-order valence-electron chi connectivity index (χ1n) is 8.29. The number of rotatable bonds is 3. The van der Waals surface area contributed by atoms with Crippen molar-refractivity contribution in [3.63, 3.8) is 0 Å². The molecule has 1 amide bonds. The van der Waals surface area contributed by atoms with E-state index in [1.807, 2.05) is 32.9 Å². The number of amides is 1. The molecule has 3 rings (SSSR count). The van der Waals surface area contributed by atoms with Crippen LogP contribution in [0.1, 0.15) is 26.5 Å². The Labute approximate surface area is 151 Å². The van der Waals surface area contributed by atoms with Crippen molar-refractivity contribution in [1.29, 1.82) is 0 Å². The molecule has 3 heterocycles. The molecule has 8 heteroatoms. The Balaban J connectivity index is 1.90. The minimum absolute atomic E-state index is 0.0184. The molecular weight excluding hydrogens is 342 g/mol. The van der Waals surface area contributed by atoms with Gasteiger partial charge in [-0.3, -0.25) is 4.79 Å². The molecule has 134 valence electrons. The number of morpholine rings is 1. The third kappa shape index (κ3) is 4.16.